The Hall–Kier alpha value is -2.73. The molecule has 0 bridgehead atoms. The number of nitrogen functional groups attached to an aromatic ring is 1. The topological polar surface area (TPSA) is 132 Å². The minimum Gasteiger partial charge on any atom is -0.478 e. The highest BCUT2D eigenvalue weighted by molar-refractivity contribution is 6.03. The summed E-state index contributed by atoms with van der Waals surface area (Å²) in [6, 6.07) is 4.54. The average molecular weight is 275 g/mol. The van der Waals surface area contributed by atoms with E-state index in [1.54, 1.807) is 12.1 Å². The zero-order chi connectivity index (χ0) is 14.7. The molecule has 8 nitrogen and oxygen atoms in total. The number of hydrogen-bond donors (Lipinski definition) is 2. The Balaban J connectivity index is 2.28. The molecule has 1 heterocycles. The fourth-order valence-corrected chi connectivity index (χ4v) is 2.26. The molecule has 0 saturated carbocycles. The highest BCUT2D eigenvalue weighted by Crippen LogP contribution is 2.32. The molecule has 104 valence electrons. The summed E-state index contributed by atoms with van der Waals surface area (Å²) in [6.07, 6.45) is 0.260. The molecule has 1 atom stereocenters. The van der Waals surface area contributed by atoms with Crippen LogP contribution in [0.1, 0.15) is 16.8 Å². The third-order valence-electron chi connectivity index (χ3n) is 3.21. The molecule has 2 rings (SSSR count). The maximum atomic E-state index is 12.0. The summed E-state index contributed by atoms with van der Waals surface area (Å²) in [5, 5.41) is 12.5. The number of carboxylic acid groups (broad SMARTS) is 1. The number of carbonyl (C=O) groups is 2. The molecule has 1 aromatic carbocycles. The number of nitrogens with zero attached hydrogens (tertiary/aromatic N) is 4. The molecule has 0 radical (unpaired) electrons. The number of hydrogen-bond acceptors (Lipinski definition) is 4. The van der Waals surface area contributed by atoms with Crippen LogP contribution in [0.3, 0.4) is 0 Å². The number of para-hydroxylation sites is 1. The van der Waals surface area contributed by atoms with Gasteiger partial charge in [-0.05, 0) is 23.6 Å². The average Bonchev–Trinajstić information content (AvgIpc) is 2.77. The number of amides is 1. The van der Waals surface area contributed by atoms with Crippen molar-refractivity contribution >= 4 is 23.3 Å². The number of azide groups is 1. The fraction of sp³-hybridized carbons (Fsp3) is 0.333. The first kappa shape index (κ1) is 13.7. The van der Waals surface area contributed by atoms with Gasteiger partial charge in [-0.2, -0.15) is 0 Å². The maximum Gasteiger partial charge on any atom is 0.337 e. The van der Waals surface area contributed by atoms with Gasteiger partial charge in [0.25, 0.3) is 0 Å². The van der Waals surface area contributed by atoms with Gasteiger partial charge >= 0.3 is 5.97 Å². The van der Waals surface area contributed by atoms with E-state index in [0.717, 1.165) is 0 Å². The van der Waals surface area contributed by atoms with Crippen molar-refractivity contribution in [3.8, 4) is 0 Å². The molecule has 1 aliphatic rings. The predicted octanol–water partition coefficient (Wildman–Crippen LogP) is 1.63. The summed E-state index contributed by atoms with van der Waals surface area (Å²) in [6.45, 7) is 0.600. The molecule has 1 saturated heterocycles. The van der Waals surface area contributed by atoms with E-state index in [9.17, 15) is 9.59 Å². The van der Waals surface area contributed by atoms with Crippen molar-refractivity contribution < 1.29 is 14.7 Å². The summed E-state index contributed by atoms with van der Waals surface area (Å²) in [5.74, 6) is -1.37. The molecule has 1 fully saturated rings. The second-order valence-electron chi connectivity index (χ2n) is 4.53. The lowest BCUT2D eigenvalue weighted by Gasteiger charge is -2.19. The Bertz CT molecular complexity index is 609. The first-order valence-corrected chi connectivity index (χ1v) is 5.97. The lowest BCUT2D eigenvalue weighted by atomic mass is 10.1. The Kier molecular flexibility index (Phi) is 3.76. The quantitative estimate of drug-likeness (QED) is 0.374. The standard InChI is InChI=1S/C12H13N5O3/c13-11-8(12(19)20)2-1-3-9(11)17-6-7(4-10(17)18)5-15-16-14/h1-3,7H,4-6,13H2,(H,19,20). The van der Waals surface area contributed by atoms with Crippen molar-refractivity contribution in [3.05, 3.63) is 34.2 Å². The van der Waals surface area contributed by atoms with E-state index in [4.69, 9.17) is 16.4 Å². The summed E-state index contributed by atoms with van der Waals surface area (Å²) in [7, 11) is 0. The number of rotatable bonds is 4. The molecule has 0 spiro atoms. The molecule has 1 amide bonds. The second-order valence-corrected chi connectivity index (χ2v) is 4.53. The van der Waals surface area contributed by atoms with Gasteiger partial charge in [0.15, 0.2) is 0 Å². The molecule has 20 heavy (non-hydrogen) atoms. The van der Waals surface area contributed by atoms with Crippen molar-refractivity contribution in [2.45, 2.75) is 6.42 Å². The van der Waals surface area contributed by atoms with E-state index in [1.165, 1.54) is 11.0 Å². The summed E-state index contributed by atoms with van der Waals surface area (Å²) < 4.78 is 0. The number of aromatic carboxylic acids is 1. The number of carboxylic acids is 1. The van der Waals surface area contributed by atoms with Gasteiger partial charge in [0.1, 0.15) is 0 Å². The highest BCUT2D eigenvalue weighted by atomic mass is 16.4. The van der Waals surface area contributed by atoms with Crippen LogP contribution in [0, 0.1) is 5.92 Å². The van der Waals surface area contributed by atoms with Crippen LogP contribution in [-0.4, -0.2) is 30.1 Å². The van der Waals surface area contributed by atoms with E-state index in [1.807, 2.05) is 0 Å². The Morgan fingerprint density at radius 1 is 1.60 bits per heavy atom. The van der Waals surface area contributed by atoms with Gasteiger partial charge in [-0.25, -0.2) is 4.79 Å². The van der Waals surface area contributed by atoms with Crippen LogP contribution >= 0.6 is 0 Å². The minimum atomic E-state index is -1.14. The normalized spacial score (nSPS) is 17.9. The van der Waals surface area contributed by atoms with E-state index < -0.39 is 5.97 Å². The molecule has 1 aromatic rings. The highest BCUT2D eigenvalue weighted by Gasteiger charge is 2.31. The smallest absolute Gasteiger partial charge is 0.337 e. The van der Waals surface area contributed by atoms with Crippen molar-refractivity contribution in [2.75, 3.05) is 23.7 Å². The first-order valence-electron chi connectivity index (χ1n) is 5.97. The zero-order valence-electron chi connectivity index (χ0n) is 10.6. The lowest BCUT2D eigenvalue weighted by molar-refractivity contribution is -0.117. The summed E-state index contributed by atoms with van der Waals surface area (Å²) in [5.41, 5.74) is 14.5. The Morgan fingerprint density at radius 2 is 2.35 bits per heavy atom. The third kappa shape index (κ3) is 2.50. The van der Waals surface area contributed by atoms with E-state index in [-0.39, 0.29) is 36.0 Å². The molecule has 0 aromatic heterocycles. The van der Waals surface area contributed by atoms with Crippen molar-refractivity contribution in [3.63, 3.8) is 0 Å². The van der Waals surface area contributed by atoms with Gasteiger partial charge in [0.2, 0.25) is 5.91 Å². The fourth-order valence-electron chi connectivity index (χ4n) is 2.26. The predicted molar refractivity (Wildman–Crippen MR) is 72.3 cm³/mol. The van der Waals surface area contributed by atoms with Gasteiger partial charge in [0, 0.05) is 24.4 Å². The van der Waals surface area contributed by atoms with E-state index in [2.05, 4.69) is 10.0 Å². The van der Waals surface area contributed by atoms with Crippen LogP contribution in [0.5, 0.6) is 0 Å². The number of nitrogens with two attached hydrogens (primary N) is 1. The van der Waals surface area contributed by atoms with E-state index in [0.29, 0.717) is 12.2 Å². The zero-order valence-corrected chi connectivity index (χ0v) is 10.6. The number of benzene rings is 1. The Labute approximate surface area is 114 Å². The van der Waals surface area contributed by atoms with Gasteiger partial charge < -0.3 is 15.7 Å². The largest absolute Gasteiger partial charge is 0.478 e. The van der Waals surface area contributed by atoms with Crippen LogP contribution in [0.25, 0.3) is 10.4 Å². The molecule has 1 aliphatic heterocycles. The van der Waals surface area contributed by atoms with E-state index >= 15 is 0 Å². The molecular formula is C12H13N5O3. The van der Waals surface area contributed by atoms with Gasteiger partial charge in [-0.3, -0.25) is 4.79 Å². The van der Waals surface area contributed by atoms with Crippen molar-refractivity contribution in [2.24, 2.45) is 11.0 Å². The van der Waals surface area contributed by atoms with Gasteiger partial charge in [-0.15, -0.1) is 0 Å². The molecule has 3 N–H and O–H groups in total. The van der Waals surface area contributed by atoms with Crippen molar-refractivity contribution in [1.29, 1.82) is 0 Å². The number of anilines is 2. The molecule has 1 unspecified atom stereocenters. The molecule has 0 aliphatic carbocycles. The van der Waals surface area contributed by atoms with Crippen LogP contribution in [-0.2, 0) is 4.79 Å². The minimum absolute atomic E-state index is 0.0335. The third-order valence-corrected chi connectivity index (χ3v) is 3.21. The summed E-state index contributed by atoms with van der Waals surface area (Å²) >= 11 is 0. The maximum absolute atomic E-state index is 12.0. The van der Waals surface area contributed by atoms with Crippen LogP contribution in [0.2, 0.25) is 0 Å². The van der Waals surface area contributed by atoms with Gasteiger partial charge in [-0.1, -0.05) is 11.2 Å². The molecular weight excluding hydrogens is 262 g/mol. The monoisotopic (exact) mass is 275 g/mol. The SMILES string of the molecule is [N-]=[N+]=NCC1CC(=O)N(c2cccc(C(=O)O)c2N)C1. The van der Waals surface area contributed by atoms with Gasteiger partial charge in [0.05, 0.1) is 16.9 Å². The summed E-state index contributed by atoms with van der Waals surface area (Å²) in [4.78, 5) is 27.1. The lowest BCUT2D eigenvalue weighted by Crippen LogP contribution is -2.26. The first-order chi connectivity index (χ1) is 9.54. The van der Waals surface area contributed by atoms with Crippen LogP contribution in [0.4, 0.5) is 11.4 Å². The second kappa shape index (κ2) is 5.50. The van der Waals surface area contributed by atoms with Crippen LogP contribution in [0.15, 0.2) is 23.3 Å². The Morgan fingerprint density at radius 3 is 3.00 bits per heavy atom. The van der Waals surface area contributed by atoms with Crippen LogP contribution < -0.4 is 10.6 Å². The van der Waals surface area contributed by atoms with Crippen molar-refractivity contribution in [1.82, 2.24) is 0 Å². The molecule has 8 heteroatoms. The number of carbonyl (C=O) groups excluding carboxylic acids is 1.